The van der Waals surface area contributed by atoms with Gasteiger partial charge in [0.05, 0.1) is 5.34 Å². The first-order valence-corrected chi connectivity index (χ1v) is 4.73. The highest BCUT2D eigenvalue weighted by molar-refractivity contribution is 7.90. The first-order chi connectivity index (χ1) is 5.72. The summed E-state index contributed by atoms with van der Waals surface area (Å²) in [5.41, 5.74) is 1.84. The highest BCUT2D eigenvalue weighted by atomic mass is 35.5. The number of halogens is 5. The van der Waals surface area contributed by atoms with E-state index in [1.807, 2.05) is 0 Å². The summed E-state index contributed by atoms with van der Waals surface area (Å²) in [6.45, 7) is 0. The normalized spacial score (nSPS) is 10.8. The van der Waals surface area contributed by atoms with E-state index in [-0.39, 0.29) is 5.34 Å². The minimum atomic E-state index is -5.64. The predicted molar refractivity (Wildman–Crippen MR) is 40.7 cm³/mol. The summed E-state index contributed by atoms with van der Waals surface area (Å²) in [7, 11) is -5.64. The van der Waals surface area contributed by atoms with Crippen molar-refractivity contribution in [3.63, 3.8) is 0 Å². The average Bonchev–Trinajstić information content (AvgIpc) is 1.85. The van der Waals surface area contributed by atoms with Gasteiger partial charge < -0.3 is 0 Å². The van der Waals surface area contributed by atoms with Crippen molar-refractivity contribution in [1.82, 2.24) is 0 Å². The zero-order chi connectivity index (χ0) is 11.1. The largest absolute Gasteiger partial charge is 0.504 e. The molecule has 0 aliphatic rings. The van der Waals surface area contributed by atoms with Gasteiger partial charge in [0.1, 0.15) is 0 Å². The molecule has 0 amide bonds. The van der Waals surface area contributed by atoms with Crippen molar-refractivity contribution in [1.29, 1.82) is 0 Å². The fraction of sp³-hybridized carbons (Fsp3) is 1.00. The summed E-state index contributed by atoms with van der Waals surface area (Å²) in [6, 6.07) is 0. The molecule has 0 fully saturated rings. The molecule has 0 bridgehead atoms. The first-order valence-electron chi connectivity index (χ1n) is 2.22. The highest BCUT2D eigenvalue weighted by Gasteiger charge is 2.45. The van der Waals surface area contributed by atoms with Crippen LogP contribution in [0.2, 0.25) is 0 Å². The van der Waals surface area contributed by atoms with E-state index in [2.05, 4.69) is 0 Å². The Bertz CT molecular complexity index is 281. The van der Waals surface area contributed by atoms with Crippen LogP contribution < -0.4 is 0 Å². The van der Waals surface area contributed by atoms with Gasteiger partial charge in [0.25, 0.3) is 0 Å². The van der Waals surface area contributed by atoms with Crippen molar-refractivity contribution < 1.29 is 21.6 Å². The minimum absolute atomic E-state index is 0.194. The van der Waals surface area contributed by atoms with E-state index >= 15 is 0 Å². The molecular weight excluding hydrogens is 258 g/mol. The van der Waals surface area contributed by atoms with E-state index < -0.39 is 15.5 Å². The first kappa shape index (κ1) is 15.1. The van der Waals surface area contributed by atoms with Gasteiger partial charge in [0.2, 0.25) is 0 Å². The van der Waals surface area contributed by atoms with Crippen molar-refractivity contribution in [3.8, 4) is 0 Å². The maximum atomic E-state index is 11.2. The Hall–Kier alpha value is -0.370. The van der Waals surface area contributed by atoms with E-state index in [1.165, 1.54) is 4.91 Å². The molecule has 13 heavy (non-hydrogen) atoms. The number of hydrogen-bond donors (Lipinski definition) is 0. The van der Waals surface area contributed by atoms with Gasteiger partial charge in [-0.1, -0.05) is 0 Å². The zero-order valence-electron chi connectivity index (χ0n) is 5.66. The van der Waals surface area contributed by atoms with E-state index in [0.29, 0.717) is 0 Å². The van der Waals surface area contributed by atoms with Gasteiger partial charge in [-0.15, -0.1) is 23.2 Å². The summed E-state index contributed by atoms with van der Waals surface area (Å²) in [4.78, 5) is 1.49. The smallest absolute Gasteiger partial charge is 0.212 e. The Balaban J connectivity index is 0. The standard InChI is InChI=1S/CH2Cl2.CF3N3O2S/c2-1-3;2-1(3,4)10(8,9)7-6-5/h1H2;. The summed E-state index contributed by atoms with van der Waals surface area (Å²) in [5.74, 6) is 0. The number of alkyl halides is 5. The molecule has 0 aliphatic heterocycles. The Morgan fingerprint density at radius 3 is 1.77 bits per heavy atom. The van der Waals surface area contributed by atoms with Crippen molar-refractivity contribution in [3.05, 3.63) is 10.4 Å². The van der Waals surface area contributed by atoms with Crippen LogP contribution in [0.1, 0.15) is 0 Å². The number of sulfonamides is 1. The minimum Gasteiger partial charge on any atom is -0.212 e. The van der Waals surface area contributed by atoms with Crippen LogP contribution in [0.15, 0.2) is 4.52 Å². The highest BCUT2D eigenvalue weighted by Crippen LogP contribution is 2.24. The van der Waals surface area contributed by atoms with Crippen molar-refractivity contribution in [2.24, 2.45) is 4.52 Å². The van der Waals surface area contributed by atoms with Crippen LogP contribution in [0, 0.1) is 0 Å². The van der Waals surface area contributed by atoms with Gasteiger partial charge in [0.15, 0.2) is 0 Å². The van der Waals surface area contributed by atoms with Crippen LogP contribution >= 0.6 is 23.2 Å². The summed E-state index contributed by atoms with van der Waals surface area (Å²) in [5, 5.41) is 0.194. The summed E-state index contributed by atoms with van der Waals surface area (Å²) in [6.07, 6.45) is 0. The molecule has 0 heterocycles. The molecular formula is C2H2Cl2F3N3O2S. The molecule has 0 N–H and O–H groups in total. The van der Waals surface area contributed by atoms with Crippen LogP contribution in [0.4, 0.5) is 13.2 Å². The molecule has 0 rings (SSSR count). The van der Waals surface area contributed by atoms with E-state index in [4.69, 9.17) is 28.7 Å². The second-order valence-electron chi connectivity index (χ2n) is 1.19. The molecule has 0 unspecified atom stereocenters. The van der Waals surface area contributed by atoms with Crippen LogP contribution in [0.5, 0.6) is 0 Å². The molecule has 78 valence electrons. The van der Waals surface area contributed by atoms with Gasteiger partial charge in [-0.25, -0.2) is 8.42 Å². The number of hydrogen-bond acceptors (Lipinski definition) is 2. The van der Waals surface area contributed by atoms with Gasteiger partial charge in [-0.05, 0) is 5.53 Å². The SMILES string of the molecule is ClCCl.[N-]=[N+]=NS(=O)(=O)C(F)(F)F. The Morgan fingerprint density at radius 1 is 1.38 bits per heavy atom. The fourth-order valence-electron chi connectivity index (χ4n) is 0.0944. The molecule has 0 atom stereocenters. The van der Waals surface area contributed by atoms with Crippen LogP contribution in [-0.2, 0) is 10.0 Å². The lowest BCUT2D eigenvalue weighted by molar-refractivity contribution is -0.0435. The molecule has 11 heteroatoms. The molecule has 0 saturated carbocycles. The van der Waals surface area contributed by atoms with Gasteiger partial charge in [-0.3, -0.25) is 0 Å². The summed E-state index contributed by atoms with van der Waals surface area (Å²) < 4.78 is 54.5. The Kier molecular flexibility index (Phi) is 7.14. The van der Waals surface area contributed by atoms with E-state index in [9.17, 15) is 21.6 Å². The molecule has 0 aromatic carbocycles. The molecule has 0 radical (unpaired) electrons. The quantitative estimate of drug-likeness (QED) is 0.314. The topological polar surface area (TPSA) is 82.9 Å². The summed E-state index contributed by atoms with van der Waals surface area (Å²) >= 11 is 9.53. The third-order valence-electron chi connectivity index (χ3n) is 0.436. The van der Waals surface area contributed by atoms with Gasteiger partial charge in [-0.2, -0.15) is 13.2 Å². The lowest BCUT2D eigenvalue weighted by Crippen LogP contribution is -2.19. The zero-order valence-corrected chi connectivity index (χ0v) is 7.99. The van der Waals surface area contributed by atoms with Gasteiger partial charge in [0, 0.05) is 9.43 Å². The molecule has 5 nitrogen and oxygen atoms in total. The van der Waals surface area contributed by atoms with Crippen molar-refractivity contribution in [2.75, 3.05) is 5.34 Å². The molecule has 0 aromatic rings. The molecule has 0 saturated heterocycles. The van der Waals surface area contributed by atoms with Gasteiger partial charge >= 0.3 is 15.5 Å². The third-order valence-corrected chi connectivity index (χ3v) is 1.31. The second-order valence-corrected chi connectivity index (χ2v) is 3.58. The number of azide groups is 1. The van der Waals surface area contributed by atoms with E-state index in [1.54, 1.807) is 4.52 Å². The van der Waals surface area contributed by atoms with Crippen molar-refractivity contribution >= 4 is 33.2 Å². The van der Waals surface area contributed by atoms with Crippen LogP contribution in [0.25, 0.3) is 10.4 Å². The lowest BCUT2D eigenvalue weighted by atomic mass is 11.6. The maximum Gasteiger partial charge on any atom is 0.504 e. The molecule has 0 aliphatic carbocycles. The Labute approximate surface area is 81.1 Å². The monoisotopic (exact) mass is 259 g/mol. The predicted octanol–water partition coefficient (Wildman–Crippen LogP) is 2.57. The fourth-order valence-corrected chi connectivity index (χ4v) is 0.283. The lowest BCUT2D eigenvalue weighted by Gasteiger charge is -1.98. The number of nitrogens with zero attached hydrogens (tertiary/aromatic N) is 3. The maximum absolute atomic E-state index is 11.2. The number of rotatable bonds is 1. The second kappa shape index (κ2) is 6.14. The molecule has 0 spiro atoms. The average molecular weight is 260 g/mol. The third kappa shape index (κ3) is 6.76. The Morgan fingerprint density at radius 2 is 1.69 bits per heavy atom. The molecule has 0 aromatic heterocycles. The van der Waals surface area contributed by atoms with Crippen LogP contribution in [-0.4, -0.2) is 19.3 Å². The van der Waals surface area contributed by atoms with Crippen LogP contribution in [0.3, 0.4) is 0 Å². The van der Waals surface area contributed by atoms with E-state index in [0.717, 1.165) is 0 Å². The van der Waals surface area contributed by atoms with Crippen molar-refractivity contribution in [2.45, 2.75) is 5.51 Å².